The van der Waals surface area contributed by atoms with Gasteiger partial charge in [-0.1, -0.05) is 23.4 Å². The maximum Gasteiger partial charge on any atom is 0.252 e. The van der Waals surface area contributed by atoms with Gasteiger partial charge in [0.15, 0.2) is 11.5 Å². The Kier molecular flexibility index (Phi) is 5.53. The van der Waals surface area contributed by atoms with Crippen molar-refractivity contribution in [1.82, 2.24) is 10.5 Å². The van der Waals surface area contributed by atoms with Gasteiger partial charge in [0, 0.05) is 17.5 Å². The number of hydrogen-bond donors (Lipinski definition) is 1. The molecule has 1 amide bonds. The Morgan fingerprint density at radius 3 is 2.75 bits per heavy atom. The number of hydrogen-bond acceptors (Lipinski definition) is 6. The van der Waals surface area contributed by atoms with Crippen molar-refractivity contribution in [2.45, 2.75) is 24.1 Å². The van der Waals surface area contributed by atoms with E-state index in [2.05, 4.69) is 10.5 Å². The number of amides is 1. The van der Waals surface area contributed by atoms with Gasteiger partial charge in [-0.2, -0.15) is 0 Å². The van der Waals surface area contributed by atoms with Gasteiger partial charge < -0.3 is 19.3 Å². The van der Waals surface area contributed by atoms with Gasteiger partial charge in [0.1, 0.15) is 19.0 Å². The second-order valence-electron chi connectivity index (χ2n) is 6.38. The lowest BCUT2D eigenvalue weighted by molar-refractivity contribution is 0.0948. The Hall–Kier alpha value is -2.93. The van der Waals surface area contributed by atoms with Crippen molar-refractivity contribution in [2.75, 3.05) is 13.2 Å². The van der Waals surface area contributed by atoms with Crippen molar-refractivity contribution in [3.05, 3.63) is 71.1 Å². The van der Waals surface area contributed by atoms with Gasteiger partial charge in [-0.05, 0) is 36.8 Å². The number of thioether (sulfide) groups is 1. The minimum atomic E-state index is -0.119. The van der Waals surface area contributed by atoms with Crippen LogP contribution in [0.2, 0.25) is 0 Å². The van der Waals surface area contributed by atoms with Crippen molar-refractivity contribution in [2.24, 2.45) is 0 Å². The van der Waals surface area contributed by atoms with Crippen molar-refractivity contribution < 1.29 is 18.8 Å². The summed E-state index contributed by atoms with van der Waals surface area (Å²) in [7, 11) is 0. The van der Waals surface area contributed by atoms with Gasteiger partial charge in [0.25, 0.3) is 5.91 Å². The average molecular weight is 396 g/mol. The average Bonchev–Trinajstić information content (AvgIpc) is 3.15. The molecule has 6 nitrogen and oxygen atoms in total. The first-order valence-electron chi connectivity index (χ1n) is 9.00. The number of aromatic nitrogens is 1. The third kappa shape index (κ3) is 4.31. The molecular formula is C21H20N2O4S. The predicted molar refractivity (Wildman–Crippen MR) is 106 cm³/mol. The summed E-state index contributed by atoms with van der Waals surface area (Å²) in [5.74, 6) is 2.75. The molecule has 0 bridgehead atoms. The van der Waals surface area contributed by atoms with Crippen LogP contribution >= 0.6 is 11.8 Å². The Morgan fingerprint density at radius 2 is 1.93 bits per heavy atom. The molecule has 0 saturated carbocycles. The standard InChI is InChI=1S/C21H20N2O4S/c1-14-10-16(27-23-14)13-28-20-5-3-2-4-17(20)21(24)22-12-15-6-7-18-19(11-15)26-9-8-25-18/h2-7,10-11H,8-9,12-13H2,1H3,(H,22,24). The van der Waals surface area contributed by atoms with E-state index in [-0.39, 0.29) is 5.91 Å². The smallest absolute Gasteiger partial charge is 0.252 e. The first-order valence-corrected chi connectivity index (χ1v) is 9.98. The lowest BCUT2D eigenvalue weighted by atomic mass is 10.1. The van der Waals surface area contributed by atoms with Crippen molar-refractivity contribution >= 4 is 17.7 Å². The second kappa shape index (κ2) is 8.39. The number of nitrogens with one attached hydrogen (secondary N) is 1. The number of nitrogens with zero attached hydrogens (tertiary/aromatic N) is 1. The molecule has 0 fully saturated rings. The lowest BCUT2D eigenvalue weighted by Gasteiger charge is -2.19. The Morgan fingerprint density at radius 1 is 1.11 bits per heavy atom. The molecule has 0 spiro atoms. The number of fused-ring (bicyclic) bond motifs is 1. The van der Waals surface area contributed by atoms with E-state index >= 15 is 0 Å². The Bertz CT molecular complexity index is 986. The molecule has 7 heteroatoms. The van der Waals surface area contributed by atoms with Crippen LogP contribution in [0.25, 0.3) is 0 Å². The molecule has 2 heterocycles. The first kappa shape index (κ1) is 18.4. The molecular weight excluding hydrogens is 376 g/mol. The van der Waals surface area contributed by atoms with E-state index in [9.17, 15) is 4.79 Å². The molecule has 1 N–H and O–H groups in total. The molecule has 4 rings (SSSR count). The number of aryl methyl sites for hydroxylation is 1. The summed E-state index contributed by atoms with van der Waals surface area (Å²) in [6, 6.07) is 15.2. The fourth-order valence-electron chi connectivity index (χ4n) is 2.89. The summed E-state index contributed by atoms with van der Waals surface area (Å²) in [5.41, 5.74) is 2.45. The third-order valence-corrected chi connectivity index (χ3v) is 5.33. The lowest BCUT2D eigenvalue weighted by Crippen LogP contribution is -2.23. The molecule has 0 aliphatic carbocycles. The van der Waals surface area contributed by atoms with Crippen LogP contribution in [0.5, 0.6) is 11.5 Å². The number of ether oxygens (including phenoxy) is 2. The van der Waals surface area contributed by atoms with E-state index in [4.69, 9.17) is 14.0 Å². The van der Waals surface area contributed by atoms with Gasteiger partial charge in [-0.3, -0.25) is 4.79 Å². The highest BCUT2D eigenvalue weighted by Crippen LogP contribution is 2.31. The number of carbonyl (C=O) groups excluding carboxylic acids is 1. The maximum atomic E-state index is 12.7. The molecule has 0 radical (unpaired) electrons. The predicted octanol–water partition coefficient (Wildman–Crippen LogP) is 3.98. The summed E-state index contributed by atoms with van der Waals surface area (Å²) < 4.78 is 16.4. The zero-order valence-electron chi connectivity index (χ0n) is 15.4. The van der Waals surface area contributed by atoms with Crippen LogP contribution in [0, 0.1) is 6.92 Å². The van der Waals surface area contributed by atoms with Crippen molar-refractivity contribution in [3.8, 4) is 11.5 Å². The SMILES string of the molecule is Cc1cc(CSc2ccccc2C(=O)NCc2ccc3c(c2)OCCO3)on1. The largest absolute Gasteiger partial charge is 0.486 e. The molecule has 1 aliphatic rings. The number of benzene rings is 2. The quantitative estimate of drug-likeness (QED) is 0.636. The Balaban J connectivity index is 1.40. The van der Waals surface area contributed by atoms with E-state index in [1.807, 2.05) is 55.5 Å². The van der Waals surface area contributed by atoms with Gasteiger partial charge in [-0.15, -0.1) is 11.8 Å². The number of rotatable bonds is 6. The summed E-state index contributed by atoms with van der Waals surface area (Å²) >= 11 is 1.55. The fourth-order valence-corrected chi connectivity index (χ4v) is 3.81. The maximum absolute atomic E-state index is 12.7. The summed E-state index contributed by atoms with van der Waals surface area (Å²) in [6.45, 7) is 3.40. The van der Waals surface area contributed by atoms with E-state index in [0.29, 0.717) is 31.1 Å². The highest BCUT2D eigenvalue weighted by molar-refractivity contribution is 7.98. The van der Waals surface area contributed by atoms with Gasteiger partial charge in [0.2, 0.25) is 0 Å². The van der Waals surface area contributed by atoms with E-state index in [1.54, 1.807) is 11.8 Å². The Labute approximate surface area is 167 Å². The van der Waals surface area contributed by atoms with E-state index < -0.39 is 0 Å². The molecule has 0 unspecified atom stereocenters. The highest BCUT2D eigenvalue weighted by atomic mass is 32.2. The first-order chi connectivity index (χ1) is 13.7. The van der Waals surface area contributed by atoms with E-state index in [1.165, 1.54) is 0 Å². The fraction of sp³-hybridized carbons (Fsp3) is 0.238. The minimum absolute atomic E-state index is 0.119. The highest BCUT2D eigenvalue weighted by Gasteiger charge is 2.14. The zero-order chi connectivity index (χ0) is 19.3. The topological polar surface area (TPSA) is 73.6 Å². The van der Waals surface area contributed by atoms with Crippen LogP contribution in [0.3, 0.4) is 0 Å². The molecule has 0 saturated heterocycles. The van der Waals surface area contributed by atoms with Crippen molar-refractivity contribution in [1.29, 1.82) is 0 Å². The third-order valence-electron chi connectivity index (χ3n) is 4.24. The van der Waals surface area contributed by atoms with Crippen LogP contribution in [0.15, 0.2) is 57.9 Å². The van der Waals surface area contributed by atoms with Crippen LogP contribution in [-0.2, 0) is 12.3 Å². The van der Waals surface area contributed by atoms with E-state index in [0.717, 1.165) is 33.4 Å². The van der Waals surface area contributed by atoms with Crippen LogP contribution < -0.4 is 14.8 Å². The zero-order valence-corrected chi connectivity index (χ0v) is 16.3. The summed E-state index contributed by atoms with van der Waals surface area (Å²) in [6.07, 6.45) is 0. The summed E-state index contributed by atoms with van der Waals surface area (Å²) in [5, 5.41) is 6.87. The molecule has 0 atom stereocenters. The van der Waals surface area contributed by atoms with Gasteiger partial charge >= 0.3 is 0 Å². The second-order valence-corrected chi connectivity index (χ2v) is 7.40. The molecule has 1 aromatic heterocycles. The van der Waals surface area contributed by atoms with Crippen LogP contribution in [0.1, 0.15) is 27.4 Å². The minimum Gasteiger partial charge on any atom is -0.486 e. The molecule has 144 valence electrons. The van der Waals surface area contributed by atoms with Crippen LogP contribution in [-0.4, -0.2) is 24.3 Å². The van der Waals surface area contributed by atoms with Gasteiger partial charge in [0.05, 0.1) is 17.0 Å². The van der Waals surface area contributed by atoms with Crippen molar-refractivity contribution in [3.63, 3.8) is 0 Å². The molecule has 3 aromatic rings. The molecule has 28 heavy (non-hydrogen) atoms. The normalized spacial score (nSPS) is 12.6. The van der Waals surface area contributed by atoms with Gasteiger partial charge in [-0.25, -0.2) is 0 Å². The molecule has 2 aromatic carbocycles. The van der Waals surface area contributed by atoms with Crippen LogP contribution in [0.4, 0.5) is 0 Å². The number of carbonyl (C=O) groups is 1. The monoisotopic (exact) mass is 396 g/mol. The molecule has 1 aliphatic heterocycles. The summed E-state index contributed by atoms with van der Waals surface area (Å²) in [4.78, 5) is 13.6.